The summed E-state index contributed by atoms with van der Waals surface area (Å²) in [6.07, 6.45) is -0.480. The number of ketones is 1. The molecule has 4 rings (SSSR count). The molecule has 220 valence electrons. The van der Waals surface area contributed by atoms with Crippen LogP contribution in [0.5, 0.6) is 0 Å². The van der Waals surface area contributed by atoms with Crippen LogP contribution in [0.15, 0.2) is 0 Å². The Balaban J connectivity index is 1.67. The molecule has 11 heteroatoms. The Morgan fingerprint density at radius 2 is 1.68 bits per heavy atom. The molecule has 4 saturated carbocycles. The van der Waals surface area contributed by atoms with Gasteiger partial charge >= 0.3 is 7.82 Å². The molecule has 0 aliphatic heterocycles. The van der Waals surface area contributed by atoms with Crippen molar-refractivity contribution < 1.29 is 49.2 Å². The van der Waals surface area contributed by atoms with Gasteiger partial charge in [-0.3, -0.25) is 9.32 Å². The minimum absolute atomic E-state index is 0.00285. The highest BCUT2D eigenvalue weighted by Gasteiger charge is 2.71. The molecule has 7 N–H and O–H groups in total. The summed E-state index contributed by atoms with van der Waals surface area (Å²) in [7, 11) is -4.98. The number of aliphatic hydroxyl groups is 5. The summed E-state index contributed by atoms with van der Waals surface area (Å²) in [6.45, 7) is 8.53. The zero-order valence-electron chi connectivity index (χ0n) is 23.2. The van der Waals surface area contributed by atoms with Crippen LogP contribution in [0.25, 0.3) is 0 Å². The number of hydrogen-bond donors (Lipinski definition) is 7. The fourth-order valence-electron chi connectivity index (χ4n) is 9.29. The maximum Gasteiger partial charge on any atom is 0.469 e. The normalized spacial score (nSPS) is 46.1. The van der Waals surface area contributed by atoms with E-state index in [-0.39, 0.29) is 49.7 Å². The second-order valence-electron chi connectivity index (χ2n) is 14.1. The molecular formula is C27H47O10P. The van der Waals surface area contributed by atoms with Crippen LogP contribution in [0.2, 0.25) is 0 Å². The van der Waals surface area contributed by atoms with Gasteiger partial charge in [-0.1, -0.05) is 13.8 Å². The number of fused-ring (bicyclic) bond motifs is 5. The van der Waals surface area contributed by atoms with Gasteiger partial charge in [0, 0.05) is 17.8 Å². The zero-order valence-corrected chi connectivity index (χ0v) is 24.1. The third-order valence-corrected chi connectivity index (χ3v) is 11.8. The molecule has 0 spiro atoms. The fourth-order valence-corrected chi connectivity index (χ4v) is 9.94. The molecule has 0 heterocycles. The minimum Gasteiger partial charge on any atom is -0.390 e. The van der Waals surface area contributed by atoms with Gasteiger partial charge in [0.2, 0.25) is 0 Å². The number of rotatable bonds is 7. The molecule has 0 aromatic carbocycles. The van der Waals surface area contributed by atoms with Crippen molar-refractivity contribution in [3.63, 3.8) is 0 Å². The topological polar surface area (TPSA) is 185 Å². The SMILES string of the molecule is CC(C)(O)CC[C@@H](OP(=O)(O)O)[C@](C)(O)[C@H]1CC[C@]2(O)C3CC(=O)[C@@H]4C[C@@H](O)[C@@H](O)C[C@]4(C)[C@@H]3CC[C@]12C. The summed E-state index contributed by atoms with van der Waals surface area (Å²) in [5, 5.41) is 55.4. The van der Waals surface area contributed by atoms with Gasteiger partial charge in [0.25, 0.3) is 0 Å². The number of Topliss-reactive ketones (excluding diaryl/α,β-unsaturated/α-hetero) is 1. The highest BCUT2D eigenvalue weighted by Crippen LogP contribution is 2.70. The first-order chi connectivity index (χ1) is 17.2. The van der Waals surface area contributed by atoms with Crippen molar-refractivity contribution in [1.29, 1.82) is 0 Å². The number of carbonyl (C=O) groups is 1. The van der Waals surface area contributed by atoms with Gasteiger partial charge < -0.3 is 35.3 Å². The van der Waals surface area contributed by atoms with E-state index in [0.29, 0.717) is 25.7 Å². The summed E-state index contributed by atoms with van der Waals surface area (Å²) in [4.78, 5) is 32.7. The molecule has 10 nitrogen and oxygen atoms in total. The maximum atomic E-state index is 13.4. The molecule has 0 bridgehead atoms. The van der Waals surface area contributed by atoms with Gasteiger partial charge in [0.05, 0.1) is 35.1 Å². The van der Waals surface area contributed by atoms with Gasteiger partial charge in [0.1, 0.15) is 5.78 Å². The lowest BCUT2D eigenvalue weighted by molar-refractivity contribution is -0.232. The largest absolute Gasteiger partial charge is 0.469 e. The van der Waals surface area contributed by atoms with Crippen molar-refractivity contribution in [3.05, 3.63) is 0 Å². The maximum absolute atomic E-state index is 13.4. The summed E-state index contributed by atoms with van der Waals surface area (Å²) in [6, 6.07) is 0. The Hall–Kier alpha value is -0.420. The molecule has 0 saturated heterocycles. The Morgan fingerprint density at radius 3 is 2.26 bits per heavy atom. The number of phosphoric ester groups is 1. The van der Waals surface area contributed by atoms with Crippen LogP contribution >= 0.6 is 7.82 Å². The summed E-state index contributed by atoms with van der Waals surface area (Å²) in [5.41, 5.74) is -5.61. The third-order valence-electron chi connectivity index (χ3n) is 11.3. The van der Waals surface area contributed by atoms with Crippen molar-refractivity contribution in [2.75, 3.05) is 0 Å². The highest BCUT2D eigenvalue weighted by molar-refractivity contribution is 7.46. The summed E-state index contributed by atoms with van der Waals surface area (Å²) in [5.74, 6) is -1.42. The average molecular weight is 563 g/mol. The standard InChI is InChI=1S/C27H47O10P/c1-23(2,31)9-8-22(37-38(34,35)36)26(5,32)21-7-11-27(33)16-12-18(28)17-13-19(29)20(30)14-24(17,3)15(16)6-10-25(21,27)4/h15-17,19-22,29-33H,6-14H2,1-5H3,(H2,34,35,36)/t15-,16?,17+,19-,20+,21+,22-,24-,25-,26-,27+/m1/s1. The molecule has 4 aliphatic carbocycles. The van der Waals surface area contributed by atoms with Gasteiger partial charge in [-0.05, 0) is 95.3 Å². The zero-order chi connectivity index (χ0) is 28.7. The van der Waals surface area contributed by atoms with E-state index < -0.39 is 65.6 Å². The molecule has 1 unspecified atom stereocenters. The Bertz CT molecular complexity index is 973. The molecule has 38 heavy (non-hydrogen) atoms. The van der Waals surface area contributed by atoms with Gasteiger partial charge in [-0.25, -0.2) is 4.57 Å². The van der Waals surface area contributed by atoms with E-state index in [0.717, 1.165) is 0 Å². The third kappa shape index (κ3) is 4.96. The molecule has 0 radical (unpaired) electrons. The van der Waals surface area contributed by atoms with Crippen molar-refractivity contribution in [3.8, 4) is 0 Å². The molecule has 0 amide bonds. The monoisotopic (exact) mass is 562 g/mol. The lowest BCUT2D eigenvalue weighted by Gasteiger charge is -2.64. The predicted octanol–water partition coefficient (Wildman–Crippen LogP) is 2.05. The Kier molecular flexibility index (Phi) is 7.69. The van der Waals surface area contributed by atoms with Crippen LogP contribution in [-0.4, -0.2) is 76.2 Å². The van der Waals surface area contributed by atoms with E-state index in [1.54, 1.807) is 13.8 Å². The molecule has 4 aliphatic rings. The second kappa shape index (κ2) is 9.57. The lowest BCUT2D eigenvalue weighted by atomic mass is 9.42. The summed E-state index contributed by atoms with van der Waals surface area (Å²) >= 11 is 0. The van der Waals surface area contributed by atoms with Crippen LogP contribution in [0.3, 0.4) is 0 Å². The van der Waals surface area contributed by atoms with Crippen LogP contribution < -0.4 is 0 Å². The number of carbonyl (C=O) groups excluding carboxylic acids is 1. The molecule has 0 aromatic heterocycles. The van der Waals surface area contributed by atoms with Gasteiger partial charge in [-0.15, -0.1) is 0 Å². The van der Waals surface area contributed by atoms with E-state index in [4.69, 9.17) is 4.52 Å². The van der Waals surface area contributed by atoms with E-state index in [9.17, 15) is 44.7 Å². The quantitative estimate of drug-likeness (QED) is 0.227. The molecule has 4 fully saturated rings. The summed E-state index contributed by atoms with van der Waals surface area (Å²) < 4.78 is 17.0. The fraction of sp³-hybridized carbons (Fsp3) is 0.963. The van der Waals surface area contributed by atoms with Crippen molar-refractivity contribution >= 4 is 13.6 Å². The van der Waals surface area contributed by atoms with Crippen molar-refractivity contribution in [2.45, 2.75) is 128 Å². The Labute approximate surface area is 225 Å². The van der Waals surface area contributed by atoms with E-state index >= 15 is 0 Å². The van der Waals surface area contributed by atoms with Crippen molar-refractivity contribution in [1.82, 2.24) is 0 Å². The molecule has 0 aromatic rings. The van der Waals surface area contributed by atoms with Crippen LogP contribution in [0.4, 0.5) is 0 Å². The first-order valence-electron chi connectivity index (χ1n) is 14.0. The first-order valence-corrected chi connectivity index (χ1v) is 15.5. The first kappa shape index (κ1) is 30.5. The smallest absolute Gasteiger partial charge is 0.390 e. The second-order valence-corrected chi connectivity index (χ2v) is 15.3. The van der Waals surface area contributed by atoms with Crippen LogP contribution in [0, 0.1) is 34.5 Å². The van der Waals surface area contributed by atoms with Crippen LogP contribution in [0.1, 0.15) is 92.4 Å². The lowest BCUT2D eigenvalue weighted by Crippen LogP contribution is -2.66. The number of phosphoric acid groups is 1. The van der Waals surface area contributed by atoms with E-state index in [1.807, 2.05) is 13.8 Å². The van der Waals surface area contributed by atoms with E-state index in [2.05, 4.69) is 0 Å². The highest BCUT2D eigenvalue weighted by atomic mass is 31.2. The van der Waals surface area contributed by atoms with Crippen molar-refractivity contribution in [2.24, 2.45) is 34.5 Å². The number of hydrogen-bond acceptors (Lipinski definition) is 8. The van der Waals surface area contributed by atoms with Crippen LogP contribution in [-0.2, 0) is 13.9 Å². The van der Waals surface area contributed by atoms with E-state index in [1.165, 1.54) is 6.92 Å². The minimum atomic E-state index is -4.98. The molecular weight excluding hydrogens is 515 g/mol. The van der Waals surface area contributed by atoms with Gasteiger partial charge in [-0.2, -0.15) is 0 Å². The average Bonchev–Trinajstić information content (AvgIpc) is 3.04. The van der Waals surface area contributed by atoms with Gasteiger partial charge in [0.15, 0.2) is 0 Å². The number of aliphatic hydroxyl groups excluding tert-OH is 2. The molecule has 11 atom stereocenters. The predicted molar refractivity (Wildman–Crippen MR) is 138 cm³/mol. The Morgan fingerprint density at radius 1 is 1.05 bits per heavy atom.